The van der Waals surface area contributed by atoms with Crippen LogP contribution in [0.15, 0.2) is 48.7 Å². The Morgan fingerprint density at radius 3 is 2.38 bits per heavy atom. The van der Waals surface area contributed by atoms with E-state index in [0.717, 1.165) is 23.5 Å². The first-order valence-electron chi connectivity index (χ1n) is 8.18. The number of amides is 1. The zero-order valence-electron chi connectivity index (χ0n) is 14.9. The summed E-state index contributed by atoms with van der Waals surface area (Å²) >= 11 is 0. The van der Waals surface area contributed by atoms with E-state index in [0.29, 0.717) is 6.54 Å². The van der Waals surface area contributed by atoms with Crippen LogP contribution in [-0.4, -0.2) is 43.5 Å². The highest BCUT2D eigenvalue weighted by molar-refractivity contribution is 5.83. The summed E-state index contributed by atoms with van der Waals surface area (Å²) in [6.07, 6.45) is 1.80. The molecule has 1 aromatic heterocycles. The monoisotopic (exact) mass is 326 g/mol. The SMILES string of the molecule is CCN(C)C(C(=O)NCc1ccc(N(C)C)nc1)c1ccccc1. The standard InChI is InChI=1S/C19H26N4O/c1-5-23(4)18(16-9-7-6-8-10-16)19(24)21-14-15-11-12-17(20-13-15)22(2)3/h6-13,18H,5,14H2,1-4H3,(H,21,24). The molecule has 1 heterocycles. The van der Waals surface area contributed by atoms with Gasteiger partial charge >= 0.3 is 0 Å². The van der Waals surface area contributed by atoms with E-state index in [9.17, 15) is 4.79 Å². The van der Waals surface area contributed by atoms with Gasteiger partial charge < -0.3 is 10.2 Å². The third-order valence-corrected chi connectivity index (χ3v) is 4.04. The van der Waals surface area contributed by atoms with Gasteiger partial charge in [-0.2, -0.15) is 0 Å². The Balaban J connectivity index is 2.05. The van der Waals surface area contributed by atoms with Gasteiger partial charge in [0.25, 0.3) is 0 Å². The fraction of sp³-hybridized carbons (Fsp3) is 0.368. The molecule has 0 aliphatic carbocycles. The molecule has 1 atom stereocenters. The summed E-state index contributed by atoms with van der Waals surface area (Å²) in [7, 11) is 5.87. The molecule has 0 radical (unpaired) electrons. The molecule has 1 unspecified atom stereocenters. The number of rotatable bonds is 7. The zero-order chi connectivity index (χ0) is 17.5. The molecule has 0 spiro atoms. The maximum absolute atomic E-state index is 12.7. The molecule has 24 heavy (non-hydrogen) atoms. The quantitative estimate of drug-likeness (QED) is 0.849. The van der Waals surface area contributed by atoms with Crippen LogP contribution in [0, 0.1) is 0 Å². The minimum Gasteiger partial charge on any atom is -0.363 e. The zero-order valence-corrected chi connectivity index (χ0v) is 14.9. The first-order chi connectivity index (χ1) is 11.5. The van der Waals surface area contributed by atoms with Gasteiger partial charge in [0, 0.05) is 26.8 Å². The minimum atomic E-state index is -0.287. The van der Waals surface area contributed by atoms with Crippen molar-refractivity contribution < 1.29 is 4.79 Å². The van der Waals surface area contributed by atoms with E-state index >= 15 is 0 Å². The molecule has 0 saturated carbocycles. The second kappa shape index (κ2) is 8.45. The van der Waals surface area contributed by atoms with Crippen molar-refractivity contribution in [1.82, 2.24) is 15.2 Å². The number of nitrogens with one attached hydrogen (secondary N) is 1. The van der Waals surface area contributed by atoms with E-state index in [1.54, 1.807) is 6.20 Å². The molecule has 5 nitrogen and oxygen atoms in total. The molecule has 1 N–H and O–H groups in total. The maximum atomic E-state index is 12.7. The molecule has 2 aromatic rings. The number of carbonyl (C=O) groups excluding carboxylic acids is 1. The van der Waals surface area contributed by atoms with Crippen LogP contribution in [0.2, 0.25) is 0 Å². The van der Waals surface area contributed by atoms with E-state index in [4.69, 9.17) is 0 Å². The van der Waals surface area contributed by atoms with Gasteiger partial charge in [-0.3, -0.25) is 9.69 Å². The number of likely N-dealkylation sites (N-methyl/N-ethyl adjacent to an activating group) is 1. The minimum absolute atomic E-state index is 0.00207. The van der Waals surface area contributed by atoms with Crippen LogP contribution in [-0.2, 0) is 11.3 Å². The third-order valence-electron chi connectivity index (χ3n) is 4.04. The lowest BCUT2D eigenvalue weighted by molar-refractivity contribution is -0.126. The van der Waals surface area contributed by atoms with Gasteiger partial charge in [0.1, 0.15) is 11.9 Å². The molecule has 1 amide bonds. The highest BCUT2D eigenvalue weighted by Crippen LogP contribution is 2.19. The van der Waals surface area contributed by atoms with Crippen LogP contribution in [0.1, 0.15) is 24.1 Å². The van der Waals surface area contributed by atoms with Crippen LogP contribution in [0.25, 0.3) is 0 Å². The number of pyridine rings is 1. The lowest BCUT2D eigenvalue weighted by Crippen LogP contribution is -2.38. The number of aromatic nitrogens is 1. The number of carbonyl (C=O) groups is 1. The Morgan fingerprint density at radius 1 is 1.12 bits per heavy atom. The molecule has 5 heteroatoms. The smallest absolute Gasteiger partial charge is 0.242 e. The average Bonchev–Trinajstić information content (AvgIpc) is 2.61. The van der Waals surface area contributed by atoms with Crippen molar-refractivity contribution in [2.75, 3.05) is 32.6 Å². The van der Waals surface area contributed by atoms with Gasteiger partial charge in [0.2, 0.25) is 5.91 Å². The molecule has 0 aliphatic heterocycles. The van der Waals surface area contributed by atoms with E-state index < -0.39 is 0 Å². The number of hydrogen-bond acceptors (Lipinski definition) is 4. The Hall–Kier alpha value is -2.40. The van der Waals surface area contributed by atoms with Crippen molar-refractivity contribution in [3.63, 3.8) is 0 Å². The van der Waals surface area contributed by atoms with Crippen LogP contribution < -0.4 is 10.2 Å². The molecule has 2 rings (SSSR count). The first-order valence-corrected chi connectivity index (χ1v) is 8.18. The molecule has 0 saturated heterocycles. The van der Waals surface area contributed by atoms with Crippen molar-refractivity contribution in [1.29, 1.82) is 0 Å². The van der Waals surface area contributed by atoms with Crippen molar-refractivity contribution in [2.24, 2.45) is 0 Å². The van der Waals surface area contributed by atoms with E-state index in [-0.39, 0.29) is 11.9 Å². The number of hydrogen-bond donors (Lipinski definition) is 1. The Morgan fingerprint density at radius 2 is 1.83 bits per heavy atom. The first kappa shape index (κ1) is 17.9. The lowest BCUT2D eigenvalue weighted by atomic mass is 10.0. The summed E-state index contributed by atoms with van der Waals surface area (Å²) in [5, 5.41) is 3.03. The van der Waals surface area contributed by atoms with Gasteiger partial charge in [-0.05, 0) is 30.8 Å². The van der Waals surface area contributed by atoms with Crippen LogP contribution in [0.4, 0.5) is 5.82 Å². The van der Waals surface area contributed by atoms with E-state index in [1.165, 1.54) is 0 Å². The Bertz CT molecular complexity index is 640. The second-order valence-electron chi connectivity index (χ2n) is 6.02. The van der Waals surface area contributed by atoms with E-state index in [1.807, 2.05) is 80.3 Å². The maximum Gasteiger partial charge on any atom is 0.242 e. The predicted molar refractivity (Wildman–Crippen MR) is 97.9 cm³/mol. The molecule has 1 aromatic carbocycles. The van der Waals surface area contributed by atoms with Gasteiger partial charge in [0.15, 0.2) is 0 Å². The van der Waals surface area contributed by atoms with Crippen molar-refractivity contribution in [3.05, 3.63) is 59.8 Å². The number of benzene rings is 1. The van der Waals surface area contributed by atoms with Gasteiger partial charge in [0.05, 0.1) is 0 Å². The second-order valence-corrected chi connectivity index (χ2v) is 6.02. The summed E-state index contributed by atoms with van der Waals surface area (Å²) in [6.45, 7) is 3.32. The molecule has 128 valence electrons. The van der Waals surface area contributed by atoms with Gasteiger partial charge in [-0.25, -0.2) is 4.98 Å². The highest BCUT2D eigenvalue weighted by Gasteiger charge is 2.23. The molecular weight excluding hydrogens is 300 g/mol. The predicted octanol–water partition coefficient (Wildman–Crippen LogP) is 2.46. The van der Waals surface area contributed by atoms with Crippen molar-refractivity contribution in [3.8, 4) is 0 Å². The van der Waals surface area contributed by atoms with Crippen LogP contribution >= 0.6 is 0 Å². The van der Waals surface area contributed by atoms with Crippen LogP contribution in [0.5, 0.6) is 0 Å². The van der Waals surface area contributed by atoms with Crippen molar-refractivity contribution in [2.45, 2.75) is 19.5 Å². The van der Waals surface area contributed by atoms with Gasteiger partial charge in [-0.1, -0.05) is 43.3 Å². The summed E-state index contributed by atoms with van der Waals surface area (Å²) in [5.41, 5.74) is 1.99. The molecular formula is C19H26N4O. The molecule has 0 fully saturated rings. The summed E-state index contributed by atoms with van der Waals surface area (Å²) in [6, 6.07) is 13.5. The topological polar surface area (TPSA) is 48.5 Å². The third kappa shape index (κ3) is 4.55. The fourth-order valence-electron chi connectivity index (χ4n) is 2.50. The highest BCUT2D eigenvalue weighted by atomic mass is 16.2. The molecule has 0 aliphatic rings. The Kier molecular flexibility index (Phi) is 6.32. The summed E-state index contributed by atoms with van der Waals surface area (Å²) < 4.78 is 0. The Labute approximate surface area is 144 Å². The largest absolute Gasteiger partial charge is 0.363 e. The average molecular weight is 326 g/mol. The fourth-order valence-corrected chi connectivity index (χ4v) is 2.50. The number of anilines is 1. The normalized spacial score (nSPS) is 12.0. The van der Waals surface area contributed by atoms with Crippen LogP contribution in [0.3, 0.4) is 0 Å². The summed E-state index contributed by atoms with van der Waals surface area (Å²) in [4.78, 5) is 21.1. The molecule has 0 bridgehead atoms. The van der Waals surface area contributed by atoms with Crippen molar-refractivity contribution >= 4 is 11.7 Å². The van der Waals surface area contributed by atoms with Gasteiger partial charge in [-0.15, -0.1) is 0 Å². The summed E-state index contributed by atoms with van der Waals surface area (Å²) in [5.74, 6) is 0.903. The lowest BCUT2D eigenvalue weighted by Gasteiger charge is -2.26. The van der Waals surface area contributed by atoms with E-state index in [2.05, 4.69) is 10.3 Å². The number of nitrogens with zero attached hydrogens (tertiary/aromatic N) is 3.